The summed E-state index contributed by atoms with van der Waals surface area (Å²) >= 11 is 1.70. The summed E-state index contributed by atoms with van der Waals surface area (Å²) < 4.78 is 5.54. The van der Waals surface area contributed by atoms with Crippen molar-refractivity contribution in [1.82, 2.24) is 20.1 Å². The van der Waals surface area contributed by atoms with Crippen LogP contribution in [0.25, 0.3) is 0 Å². The second-order valence-electron chi connectivity index (χ2n) is 8.38. The maximum Gasteiger partial charge on any atom is 0.410 e. The summed E-state index contributed by atoms with van der Waals surface area (Å²) in [5, 5.41) is 5.05. The number of amides is 2. The fraction of sp³-hybridized carbons (Fsp3) is 0.500. The topological polar surface area (TPSA) is 74.8 Å². The smallest absolute Gasteiger partial charge is 0.410 e. The Kier molecular flexibility index (Phi) is 7.44. The van der Waals surface area contributed by atoms with E-state index < -0.39 is 5.60 Å². The standard InChI is InChI=1S/C22H30N4O3S/c1-22(2,3)29-21(28)26-12-11-25(19(15-26)17-6-4-9-23-14-17)16-20(27)24-10-8-18-7-5-13-30-18/h4-7,9,13-14,19H,8,10-12,15-16H2,1-3H3,(H,24,27)/t19-/m0/s1. The van der Waals surface area contributed by atoms with Crippen LogP contribution in [0.5, 0.6) is 0 Å². The number of nitrogens with one attached hydrogen (secondary N) is 1. The number of pyridine rings is 1. The van der Waals surface area contributed by atoms with Crippen LogP contribution in [0.3, 0.4) is 0 Å². The molecule has 1 fully saturated rings. The molecular formula is C22H30N4O3S. The number of hydrogen-bond acceptors (Lipinski definition) is 6. The number of thiophene rings is 1. The third kappa shape index (κ3) is 6.53. The maximum atomic E-state index is 12.6. The van der Waals surface area contributed by atoms with E-state index >= 15 is 0 Å². The summed E-state index contributed by atoms with van der Waals surface area (Å²) in [7, 11) is 0. The average molecular weight is 431 g/mol. The van der Waals surface area contributed by atoms with Crippen LogP contribution >= 0.6 is 11.3 Å². The summed E-state index contributed by atoms with van der Waals surface area (Å²) in [5.74, 6) is -0.00818. The van der Waals surface area contributed by atoms with Crippen LogP contribution in [0, 0.1) is 0 Å². The van der Waals surface area contributed by atoms with Gasteiger partial charge in [-0.05, 0) is 50.3 Å². The second kappa shape index (κ2) is 10.0. The van der Waals surface area contributed by atoms with Crippen molar-refractivity contribution >= 4 is 23.3 Å². The van der Waals surface area contributed by atoms with Crippen LogP contribution in [0.1, 0.15) is 37.3 Å². The molecule has 3 rings (SSSR count). The summed E-state index contributed by atoms with van der Waals surface area (Å²) in [6.45, 7) is 8.07. The Morgan fingerprint density at radius 1 is 1.27 bits per heavy atom. The van der Waals surface area contributed by atoms with Gasteiger partial charge in [0.25, 0.3) is 0 Å². The van der Waals surface area contributed by atoms with Gasteiger partial charge in [0.1, 0.15) is 5.60 Å². The Morgan fingerprint density at radius 3 is 2.77 bits per heavy atom. The minimum atomic E-state index is -0.541. The first-order chi connectivity index (χ1) is 14.3. The molecule has 1 aliphatic rings. The van der Waals surface area contributed by atoms with Gasteiger partial charge in [-0.25, -0.2) is 4.79 Å². The van der Waals surface area contributed by atoms with Crippen molar-refractivity contribution in [3.63, 3.8) is 0 Å². The second-order valence-corrected chi connectivity index (χ2v) is 9.41. The van der Waals surface area contributed by atoms with Gasteiger partial charge in [0, 0.05) is 43.4 Å². The molecule has 7 nitrogen and oxygen atoms in total. The van der Waals surface area contributed by atoms with Gasteiger partial charge >= 0.3 is 6.09 Å². The first-order valence-corrected chi connectivity index (χ1v) is 11.1. The van der Waals surface area contributed by atoms with E-state index in [1.54, 1.807) is 28.6 Å². The first-order valence-electron chi connectivity index (χ1n) is 10.2. The van der Waals surface area contributed by atoms with Gasteiger partial charge in [-0.3, -0.25) is 14.7 Å². The largest absolute Gasteiger partial charge is 0.444 e. The van der Waals surface area contributed by atoms with Gasteiger partial charge in [0.05, 0.1) is 12.6 Å². The highest BCUT2D eigenvalue weighted by Crippen LogP contribution is 2.25. The Labute approximate surface area is 182 Å². The molecule has 1 aliphatic heterocycles. The Hall–Kier alpha value is -2.45. The van der Waals surface area contributed by atoms with Gasteiger partial charge in [-0.2, -0.15) is 0 Å². The summed E-state index contributed by atoms with van der Waals surface area (Å²) in [5.41, 5.74) is 0.442. The highest BCUT2D eigenvalue weighted by molar-refractivity contribution is 7.09. The minimum absolute atomic E-state index is 0.00818. The quantitative estimate of drug-likeness (QED) is 0.762. The molecule has 0 saturated carbocycles. The fourth-order valence-corrected chi connectivity index (χ4v) is 4.12. The molecule has 0 radical (unpaired) electrons. The Balaban J connectivity index is 1.61. The lowest BCUT2D eigenvalue weighted by atomic mass is 10.0. The van der Waals surface area contributed by atoms with Gasteiger partial charge in [-0.15, -0.1) is 11.3 Å². The number of hydrogen-bond donors (Lipinski definition) is 1. The molecule has 1 atom stereocenters. The summed E-state index contributed by atoms with van der Waals surface area (Å²) in [6.07, 6.45) is 4.03. The molecule has 0 unspecified atom stereocenters. The molecule has 0 bridgehead atoms. The van der Waals surface area contributed by atoms with E-state index in [-0.39, 0.29) is 24.6 Å². The predicted molar refractivity (Wildman–Crippen MR) is 117 cm³/mol. The molecule has 30 heavy (non-hydrogen) atoms. The third-order valence-corrected chi connectivity index (χ3v) is 5.77. The van der Waals surface area contributed by atoms with Crippen LogP contribution < -0.4 is 5.32 Å². The molecular weight excluding hydrogens is 400 g/mol. The van der Waals surface area contributed by atoms with E-state index in [1.165, 1.54) is 4.88 Å². The van der Waals surface area contributed by atoms with Crippen molar-refractivity contribution in [2.45, 2.75) is 38.8 Å². The molecule has 162 valence electrons. The number of carbonyl (C=O) groups excluding carboxylic acids is 2. The van der Waals surface area contributed by atoms with Crippen molar-refractivity contribution in [2.24, 2.45) is 0 Å². The minimum Gasteiger partial charge on any atom is -0.444 e. The number of aromatic nitrogens is 1. The monoisotopic (exact) mass is 430 g/mol. The predicted octanol–water partition coefficient (Wildman–Crippen LogP) is 3.10. The molecule has 2 amide bonds. The molecule has 8 heteroatoms. The van der Waals surface area contributed by atoms with Crippen LogP contribution in [0.2, 0.25) is 0 Å². The number of piperazine rings is 1. The lowest BCUT2D eigenvalue weighted by Gasteiger charge is -2.41. The zero-order valence-electron chi connectivity index (χ0n) is 17.8. The molecule has 1 saturated heterocycles. The number of rotatable bonds is 6. The first kappa shape index (κ1) is 22.2. The van der Waals surface area contributed by atoms with E-state index in [0.29, 0.717) is 26.2 Å². The highest BCUT2D eigenvalue weighted by Gasteiger charge is 2.33. The SMILES string of the molecule is CC(C)(C)OC(=O)N1CCN(CC(=O)NCCc2cccs2)[C@H](c2cccnc2)C1. The van der Waals surface area contributed by atoms with E-state index in [0.717, 1.165) is 12.0 Å². The number of ether oxygens (including phenoxy) is 1. The average Bonchev–Trinajstić information content (AvgIpc) is 3.21. The molecule has 2 aromatic rings. The summed E-state index contributed by atoms with van der Waals surface area (Å²) in [6, 6.07) is 7.84. The van der Waals surface area contributed by atoms with Crippen LogP contribution in [-0.2, 0) is 16.0 Å². The number of carbonyl (C=O) groups is 2. The van der Waals surface area contributed by atoms with E-state index in [9.17, 15) is 9.59 Å². The van der Waals surface area contributed by atoms with Crippen molar-refractivity contribution in [2.75, 3.05) is 32.7 Å². The highest BCUT2D eigenvalue weighted by atomic mass is 32.1. The molecule has 3 heterocycles. The number of nitrogens with zero attached hydrogens (tertiary/aromatic N) is 3. The Bertz CT molecular complexity index is 821. The van der Waals surface area contributed by atoms with Crippen LogP contribution in [-0.4, -0.2) is 65.1 Å². The van der Waals surface area contributed by atoms with Gasteiger partial charge in [-0.1, -0.05) is 12.1 Å². The van der Waals surface area contributed by atoms with Crippen LogP contribution in [0.15, 0.2) is 42.0 Å². The Morgan fingerprint density at radius 2 is 2.10 bits per heavy atom. The van der Waals surface area contributed by atoms with Crippen molar-refractivity contribution in [1.29, 1.82) is 0 Å². The zero-order chi connectivity index (χ0) is 21.6. The zero-order valence-corrected chi connectivity index (χ0v) is 18.7. The van der Waals surface area contributed by atoms with Gasteiger partial charge in [0.2, 0.25) is 5.91 Å². The van der Waals surface area contributed by atoms with Crippen molar-refractivity contribution in [3.8, 4) is 0 Å². The van der Waals surface area contributed by atoms with E-state index in [2.05, 4.69) is 21.3 Å². The molecule has 1 N–H and O–H groups in total. The van der Waals surface area contributed by atoms with Crippen molar-refractivity contribution < 1.29 is 14.3 Å². The van der Waals surface area contributed by atoms with E-state index in [4.69, 9.17) is 4.74 Å². The molecule has 2 aromatic heterocycles. The third-order valence-electron chi connectivity index (χ3n) is 4.83. The molecule has 0 aliphatic carbocycles. The maximum absolute atomic E-state index is 12.6. The summed E-state index contributed by atoms with van der Waals surface area (Å²) in [4.78, 5) is 34.4. The lowest BCUT2D eigenvalue weighted by Crippen LogP contribution is -2.53. The van der Waals surface area contributed by atoms with E-state index in [1.807, 2.05) is 44.4 Å². The van der Waals surface area contributed by atoms with Crippen molar-refractivity contribution in [3.05, 3.63) is 52.5 Å². The molecule has 0 aromatic carbocycles. The lowest BCUT2D eigenvalue weighted by molar-refractivity contribution is -0.123. The van der Waals surface area contributed by atoms with Gasteiger partial charge in [0.15, 0.2) is 0 Å². The van der Waals surface area contributed by atoms with Crippen LogP contribution in [0.4, 0.5) is 4.79 Å². The van der Waals surface area contributed by atoms with Gasteiger partial charge < -0.3 is 15.0 Å². The molecule has 0 spiro atoms. The normalized spacial score (nSPS) is 17.6. The fourth-order valence-electron chi connectivity index (χ4n) is 3.41.